The minimum absolute atomic E-state index is 0.233. The SMILES string of the molecule is CC(CO)Sc1ccc(C(C)C)cc1. The van der Waals surface area contributed by atoms with Gasteiger partial charge in [-0.15, -0.1) is 11.8 Å². The summed E-state index contributed by atoms with van der Waals surface area (Å²) in [5, 5.41) is 9.20. The van der Waals surface area contributed by atoms with E-state index in [9.17, 15) is 0 Å². The molecule has 0 spiro atoms. The Kier molecular flexibility index (Phi) is 4.49. The maximum atomic E-state index is 8.92. The molecule has 0 saturated carbocycles. The summed E-state index contributed by atoms with van der Waals surface area (Å²) < 4.78 is 0. The second-order valence-electron chi connectivity index (χ2n) is 3.83. The van der Waals surface area contributed by atoms with Gasteiger partial charge >= 0.3 is 0 Å². The maximum absolute atomic E-state index is 8.92. The highest BCUT2D eigenvalue weighted by Gasteiger charge is 2.03. The van der Waals surface area contributed by atoms with Gasteiger partial charge in [0.2, 0.25) is 0 Å². The van der Waals surface area contributed by atoms with Gasteiger partial charge < -0.3 is 5.11 Å². The third kappa shape index (κ3) is 3.35. The van der Waals surface area contributed by atoms with Crippen molar-refractivity contribution in [3.8, 4) is 0 Å². The lowest BCUT2D eigenvalue weighted by molar-refractivity contribution is 0.300. The summed E-state index contributed by atoms with van der Waals surface area (Å²) in [5.74, 6) is 0.587. The predicted molar refractivity (Wildman–Crippen MR) is 62.9 cm³/mol. The zero-order valence-corrected chi connectivity index (χ0v) is 9.84. The van der Waals surface area contributed by atoms with Gasteiger partial charge in [-0.2, -0.15) is 0 Å². The molecule has 0 fully saturated rings. The normalized spacial score (nSPS) is 13.2. The second kappa shape index (κ2) is 5.42. The van der Waals surface area contributed by atoms with Gasteiger partial charge in [0.1, 0.15) is 0 Å². The molecule has 14 heavy (non-hydrogen) atoms. The largest absolute Gasteiger partial charge is 0.395 e. The van der Waals surface area contributed by atoms with E-state index < -0.39 is 0 Å². The predicted octanol–water partition coefficient (Wildman–Crippen LogP) is 3.28. The van der Waals surface area contributed by atoms with Crippen LogP contribution < -0.4 is 0 Å². The third-order valence-electron chi connectivity index (χ3n) is 2.14. The van der Waals surface area contributed by atoms with Crippen LogP contribution in [0.15, 0.2) is 29.2 Å². The molecule has 1 atom stereocenters. The summed E-state index contributed by atoms with van der Waals surface area (Å²) in [4.78, 5) is 1.23. The van der Waals surface area contributed by atoms with E-state index >= 15 is 0 Å². The highest BCUT2D eigenvalue weighted by atomic mass is 32.2. The van der Waals surface area contributed by atoms with Crippen molar-refractivity contribution in [1.29, 1.82) is 0 Å². The van der Waals surface area contributed by atoms with Crippen molar-refractivity contribution < 1.29 is 5.11 Å². The number of benzene rings is 1. The fourth-order valence-electron chi connectivity index (χ4n) is 1.20. The molecule has 1 N–H and O–H groups in total. The smallest absolute Gasteiger partial charge is 0.0550 e. The maximum Gasteiger partial charge on any atom is 0.0550 e. The highest BCUT2D eigenvalue weighted by Crippen LogP contribution is 2.24. The summed E-state index contributed by atoms with van der Waals surface area (Å²) in [5.41, 5.74) is 1.37. The zero-order chi connectivity index (χ0) is 10.6. The molecule has 0 aromatic heterocycles. The summed E-state index contributed by atoms with van der Waals surface area (Å²) in [7, 11) is 0. The minimum atomic E-state index is 0.233. The lowest BCUT2D eigenvalue weighted by Crippen LogP contribution is -2.01. The Balaban J connectivity index is 2.64. The van der Waals surface area contributed by atoms with E-state index in [0.717, 1.165) is 0 Å². The van der Waals surface area contributed by atoms with Gasteiger partial charge in [0, 0.05) is 10.1 Å². The quantitative estimate of drug-likeness (QED) is 0.770. The van der Waals surface area contributed by atoms with Crippen LogP contribution in [0, 0.1) is 0 Å². The molecule has 2 heteroatoms. The molecule has 0 heterocycles. The van der Waals surface area contributed by atoms with Crippen molar-refractivity contribution in [3.63, 3.8) is 0 Å². The van der Waals surface area contributed by atoms with Crippen LogP contribution in [0.25, 0.3) is 0 Å². The van der Waals surface area contributed by atoms with Crippen LogP contribution in [-0.4, -0.2) is 17.0 Å². The first-order chi connectivity index (χ1) is 6.63. The number of aliphatic hydroxyl groups is 1. The second-order valence-corrected chi connectivity index (χ2v) is 5.35. The molecule has 0 radical (unpaired) electrons. The molecule has 1 aromatic carbocycles. The van der Waals surface area contributed by atoms with Gasteiger partial charge in [-0.25, -0.2) is 0 Å². The van der Waals surface area contributed by atoms with Crippen molar-refractivity contribution in [2.45, 2.75) is 36.8 Å². The summed E-state index contributed by atoms with van der Waals surface area (Å²) in [6.45, 7) is 6.65. The zero-order valence-electron chi connectivity index (χ0n) is 9.03. The van der Waals surface area contributed by atoms with E-state index in [2.05, 4.69) is 38.1 Å². The van der Waals surface area contributed by atoms with Gasteiger partial charge in [-0.3, -0.25) is 0 Å². The van der Waals surface area contributed by atoms with Gasteiger partial charge in [0.15, 0.2) is 0 Å². The van der Waals surface area contributed by atoms with Crippen LogP contribution in [0.5, 0.6) is 0 Å². The highest BCUT2D eigenvalue weighted by molar-refractivity contribution is 8.00. The lowest BCUT2D eigenvalue weighted by atomic mass is 10.0. The Hall–Kier alpha value is -0.470. The molecular weight excluding hydrogens is 192 g/mol. The molecule has 0 aliphatic carbocycles. The van der Waals surface area contributed by atoms with E-state index in [1.807, 2.05) is 6.92 Å². The lowest BCUT2D eigenvalue weighted by Gasteiger charge is -2.09. The van der Waals surface area contributed by atoms with Gasteiger partial charge in [0.25, 0.3) is 0 Å². The Morgan fingerprint density at radius 2 is 1.71 bits per heavy atom. The first-order valence-corrected chi connectivity index (χ1v) is 5.89. The van der Waals surface area contributed by atoms with Crippen molar-refractivity contribution >= 4 is 11.8 Å². The van der Waals surface area contributed by atoms with Crippen LogP contribution in [0.3, 0.4) is 0 Å². The first kappa shape index (κ1) is 11.6. The summed E-state index contributed by atoms with van der Waals surface area (Å²) >= 11 is 1.71. The Labute approximate surface area is 90.5 Å². The Morgan fingerprint density at radius 1 is 1.14 bits per heavy atom. The van der Waals surface area contributed by atoms with E-state index in [-0.39, 0.29) is 11.9 Å². The van der Waals surface area contributed by atoms with Gasteiger partial charge in [-0.1, -0.05) is 32.9 Å². The average molecular weight is 210 g/mol. The van der Waals surface area contributed by atoms with Crippen molar-refractivity contribution in [2.75, 3.05) is 6.61 Å². The van der Waals surface area contributed by atoms with Crippen LogP contribution in [0.1, 0.15) is 32.3 Å². The summed E-state index contributed by atoms with van der Waals surface area (Å²) in [6, 6.07) is 8.59. The molecule has 0 bridgehead atoms. The minimum Gasteiger partial charge on any atom is -0.395 e. The molecule has 1 aromatic rings. The van der Waals surface area contributed by atoms with Crippen LogP contribution in [-0.2, 0) is 0 Å². The molecule has 1 rings (SSSR count). The molecule has 0 aliphatic heterocycles. The molecule has 0 saturated heterocycles. The number of thioether (sulfide) groups is 1. The Morgan fingerprint density at radius 3 is 2.14 bits per heavy atom. The van der Waals surface area contributed by atoms with Crippen LogP contribution >= 0.6 is 11.8 Å². The number of hydrogen-bond donors (Lipinski definition) is 1. The molecular formula is C12H18OS. The van der Waals surface area contributed by atoms with Crippen molar-refractivity contribution in [3.05, 3.63) is 29.8 Å². The monoisotopic (exact) mass is 210 g/mol. The topological polar surface area (TPSA) is 20.2 Å². The molecule has 0 amide bonds. The first-order valence-electron chi connectivity index (χ1n) is 5.01. The van der Waals surface area contributed by atoms with E-state index in [4.69, 9.17) is 5.11 Å². The average Bonchev–Trinajstić information content (AvgIpc) is 2.18. The third-order valence-corrected chi connectivity index (χ3v) is 3.24. The fraction of sp³-hybridized carbons (Fsp3) is 0.500. The van der Waals surface area contributed by atoms with Crippen molar-refractivity contribution in [2.24, 2.45) is 0 Å². The van der Waals surface area contributed by atoms with E-state index in [1.54, 1.807) is 11.8 Å². The van der Waals surface area contributed by atoms with E-state index in [1.165, 1.54) is 10.5 Å². The molecule has 0 aliphatic rings. The van der Waals surface area contributed by atoms with Gasteiger partial charge in [0.05, 0.1) is 6.61 Å². The van der Waals surface area contributed by atoms with Crippen LogP contribution in [0.4, 0.5) is 0 Å². The molecule has 1 nitrogen and oxygen atoms in total. The summed E-state index contributed by atoms with van der Waals surface area (Å²) in [6.07, 6.45) is 0. The standard InChI is InChI=1S/C12H18OS/c1-9(2)11-4-6-12(7-5-11)14-10(3)8-13/h4-7,9-10,13H,8H2,1-3H3. The number of rotatable bonds is 4. The number of aliphatic hydroxyl groups excluding tert-OH is 1. The van der Waals surface area contributed by atoms with Crippen LogP contribution in [0.2, 0.25) is 0 Å². The van der Waals surface area contributed by atoms with E-state index in [0.29, 0.717) is 5.92 Å². The Bertz CT molecular complexity index is 266. The van der Waals surface area contributed by atoms with Crippen molar-refractivity contribution in [1.82, 2.24) is 0 Å². The fourth-order valence-corrected chi connectivity index (χ4v) is 2.03. The molecule has 1 unspecified atom stereocenters. The van der Waals surface area contributed by atoms with Gasteiger partial charge in [-0.05, 0) is 23.6 Å². The molecule has 78 valence electrons. The number of hydrogen-bond acceptors (Lipinski definition) is 2.